The predicted octanol–water partition coefficient (Wildman–Crippen LogP) is 3.37. The van der Waals surface area contributed by atoms with E-state index in [0.29, 0.717) is 29.6 Å². The molecular formula is C14H21ClFNO. The first kappa shape index (κ1) is 15.4. The molecule has 0 aliphatic rings. The van der Waals surface area contributed by atoms with Crippen LogP contribution in [0.1, 0.15) is 32.3 Å². The van der Waals surface area contributed by atoms with E-state index in [2.05, 4.69) is 19.2 Å². The zero-order valence-electron chi connectivity index (χ0n) is 10.9. The number of benzene rings is 1. The smallest absolute Gasteiger partial charge is 0.129 e. The second kappa shape index (κ2) is 7.72. The number of hydrogen-bond donors (Lipinski definition) is 2. The first-order valence-electron chi connectivity index (χ1n) is 6.41. The fourth-order valence-electron chi connectivity index (χ4n) is 2.02. The van der Waals surface area contributed by atoms with E-state index in [4.69, 9.17) is 11.6 Å². The van der Waals surface area contributed by atoms with Crippen molar-refractivity contribution in [2.45, 2.75) is 39.3 Å². The summed E-state index contributed by atoms with van der Waals surface area (Å²) in [4.78, 5) is 0. The Morgan fingerprint density at radius 3 is 2.56 bits per heavy atom. The van der Waals surface area contributed by atoms with Gasteiger partial charge in [0.15, 0.2) is 0 Å². The lowest BCUT2D eigenvalue weighted by Crippen LogP contribution is -2.32. The van der Waals surface area contributed by atoms with E-state index >= 15 is 0 Å². The fourth-order valence-corrected chi connectivity index (χ4v) is 2.18. The summed E-state index contributed by atoms with van der Waals surface area (Å²) in [6.07, 6.45) is 1.53. The third kappa shape index (κ3) is 4.56. The molecule has 18 heavy (non-hydrogen) atoms. The highest BCUT2D eigenvalue weighted by atomic mass is 35.5. The molecule has 0 bridgehead atoms. The summed E-state index contributed by atoms with van der Waals surface area (Å²) >= 11 is 5.68. The van der Waals surface area contributed by atoms with Gasteiger partial charge in [-0.3, -0.25) is 0 Å². The second-order valence-electron chi connectivity index (χ2n) is 4.51. The second-order valence-corrected chi connectivity index (χ2v) is 4.95. The van der Waals surface area contributed by atoms with Gasteiger partial charge in [-0.05, 0) is 18.1 Å². The van der Waals surface area contributed by atoms with Gasteiger partial charge < -0.3 is 10.4 Å². The van der Waals surface area contributed by atoms with Gasteiger partial charge >= 0.3 is 0 Å². The number of hydrogen-bond acceptors (Lipinski definition) is 2. The number of rotatable bonds is 7. The highest BCUT2D eigenvalue weighted by molar-refractivity contribution is 6.30. The summed E-state index contributed by atoms with van der Waals surface area (Å²) in [6, 6.07) is 4.63. The standard InChI is InChI=1S/C14H21ClFNO/c1-3-10(4-2)14(18)9-17-8-11-5-6-12(15)7-13(11)16/h5-7,10,14,17-18H,3-4,8-9H2,1-2H3. The van der Waals surface area contributed by atoms with Gasteiger partial charge in [0.1, 0.15) is 5.82 Å². The molecule has 0 fully saturated rings. The van der Waals surface area contributed by atoms with Crippen LogP contribution in [0.5, 0.6) is 0 Å². The molecular weight excluding hydrogens is 253 g/mol. The third-order valence-electron chi connectivity index (χ3n) is 3.28. The minimum Gasteiger partial charge on any atom is -0.392 e. The summed E-state index contributed by atoms with van der Waals surface area (Å²) in [7, 11) is 0. The first-order chi connectivity index (χ1) is 8.58. The largest absolute Gasteiger partial charge is 0.392 e. The quantitative estimate of drug-likeness (QED) is 0.798. The van der Waals surface area contributed by atoms with Crippen LogP contribution in [0.15, 0.2) is 18.2 Å². The van der Waals surface area contributed by atoms with Gasteiger partial charge in [0, 0.05) is 23.7 Å². The van der Waals surface area contributed by atoms with Crippen LogP contribution in [0.2, 0.25) is 5.02 Å². The molecule has 0 aliphatic heterocycles. The third-order valence-corrected chi connectivity index (χ3v) is 3.51. The normalized spacial score (nSPS) is 13.0. The Morgan fingerprint density at radius 2 is 2.00 bits per heavy atom. The number of aliphatic hydroxyl groups is 1. The molecule has 1 unspecified atom stereocenters. The van der Waals surface area contributed by atoms with Crippen LogP contribution < -0.4 is 5.32 Å². The molecule has 1 aromatic rings. The minimum absolute atomic E-state index is 0.299. The lowest BCUT2D eigenvalue weighted by atomic mass is 9.96. The van der Waals surface area contributed by atoms with Crippen molar-refractivity contribution in [3.05, 3.63) is 34.6 Å². The van der Waals surface area contributed by atoms with Crippen molar-refractivity contribution in [1.29, 1.82) is 0 Å². The van der Waals surface area contributed by atoms with Crippen molar-refractivity contribution in [3.63, 3.8) is 0 Å². The van der Waals surface area contributed by atoms with Crippen LogP contribution in [0, 0.1) is 11.7 Å². The average Bonchev–Trinajstić information content (AvgIpc) is 2.33. The van der Waals surface area contributed by atoms with Gasteiger partial charge in [0.05, 0.1) is 6.10 Å². The molecule has 102 valence electrons. The molecule has 0 radical (unpaired) electrons. The summed E-state index contributed by atoms with van der Waals surface area (Å²) < 4.78 is 13.5. The van der Waals surface area contributed by atoms with E-state index in [1.165, 1.54) is 6.07 Å². The van der Waals surface area contributed by atoms with E-state index < -0.39 is 0 Å². The summed E-state index contributed by atoms with van der Waals surface area (Å²) in [5.74, 6) is -0.0143. The Balaban J connectivity index is 2.41. The topological polar surface area (TPSA) is 32.3 Å². The number of halogens is 2. The Hall–Kier alpha value is -0.640. The van der Waals surface area contributed by atoms with Gasteiger partial charge in [-0.25, -0.2) is 4.39 Å². The maximum Gasteiger partial charge on any atom is 0.129 e. The first-order valence-corrected chi connectivity index (χ1v) is 6.79. The SMILES string of the molecule is CCC(CC)C(O)CNCc1ccc(Cl)cc1F. The van der Waals surface area contributed by atoms with Crippen molar-refractivity contribution >= 4 is 11.6 Å². The van der Waals surface area contributed by atoms with Crippen molar-refractivity contribution in [2.24, 2.45) is 5.92 Å². The lowest BCUT2D eigenvalue weighted by molar-refractivity contribution is 0.101. The van der Waals surface area contributed by atoms with Gasteiger partial charge in [-0.1, -0.05) is 44.4 Å². The van der Waals surface area contributed by atoms with E-state index in [1.807, 2.05) is 0 Å². The van der Waals surface area contributed by atoms with E-state index in [9.17, 15) is 9.50 Å². The highest BCUT2D eigenvalue weighted by Crippen LogP contribution is 2.15. The molecule has 1 rings (SSSR count). The molecule has 1 atom stereocenters. The lowest BCUT2D eigenvalue weighted by Gasteiger charge is -2.20. The average molecular weight is 274 g/mol. The van der Waals surface area contributed by atoms with Gasteiger partial charge in [-0.2, -0.15) is 0 Å². The van der Waals surface area contributed by atoms with E-state index in [-0.39, 0.29) is 11.9 Å². The molecule has 2 nitrogen and oxygen atoms in total. The van der Waals surface area contributed by atoms with Gasteiger partial charge in [-0.15, -0.1) is 0 Å². The van der Waals surface area contributed by atoms with Crippen molar-refractivity contribution in [1.82, 2.24) is 5.32 Å². The minimum atomic E-state index is -0.379. The van der Waals surface area contributed by atoms with Crippen LogP contribution in [-0.2, 0) is 6.54 Å². The van der Waals surface area contributed by atoms with Crippen LogP contribution in [0.3, 0.4) is 0 Å². The van der Waals surface area contributed by atoms with E-state index in [0.717, 1.165) is 12.8 Å². The van der Waals surface area contributed by atoms with Gasteiger partial charge in [0.25, 0.3) is 0 Å². The molecule has 0 saturated carbocycles. The Morgan fingerprint density at radius 1 is 1.33 bits per heavy atom. The van der Waals surface area contributed by atoms with Crippen LogP contribution in [0.25, 0.3) is 0 Å². The molecule has 1 aromatic carbocycles. The molecule has 0 aromatic heterocycles. The highest BCUT2D eigenvalue weighted by Gasteiger charge is 2.14. The molecule has 2 N–H and O–H groups in total. The van der Waals surface area contributed by atoms with Crippen LogP contribution >= 0.6 is 11.6 Å². The zero-order chi connectivity index (χ0) is 13.5. The summed E-state index contributed by atoms with van der Waals surface area (Å²) in [5, 5.41) is 13.4. The monoisotopic (exact) mass is 273 g/mol. The Labute approximate surface area is 113 Å². The molecule has 0 spiro atoms. The van der Waals surface area contributed by atoms with Crippen LogP contribution in [0.4, 0.5) is 4.39 Å². The number of nitrogens with one attached hydrogen (secondary N) is 1. The summed E-state index contributed by atoms with van der Waals surface area (Å²) in [6.45, 7) is 5.02. The van der Waals surface area contributed by atoms with Crippen LogP contribution in [-0.4, -0.2) is 17.8 Å². The predicted molar refractivity (Wildman–Crippen MR) is 73.2 cm³/mol. The Kier molecular flexibility index (Phi) is 6.61. The maximum absolute atomic E-state index is 13.5. The molecule has 0 aliphatic carbocycles. The summed E-state index contributed by atoms with van der Waals surface area (Å²) in [5.41, 5.74) is 0.566. The van der Waals surface area contributed by atoms with Crippen molar-refractivity contribution in [2.75, 3.05) is 6.54 Å². The zero-order valence-corrected chi connectivity index (χ0v) is 11.7. The molecule has 0 heterocycles. The molecule has 4 heteroatoms. The molecule has 0 saturated heterocycles. The van der Waals surface area contributed by atoms with E-state index in [1.54, 1.807) is 12.1 Å². The van der Waals surface area contributed by atoms with Gasteiger partial charge in [0.2, 0.25) is 0 Å². The number of aliphatic hydroxyl groups excluding tert-OH is 1. The van der Waals surface area contributed by atoms with Crippen molar-refractivity contribution in [3.8, 4) is 0 Å². The fraction of sp³-hybridized carbons (Fsp3) is 0.571. The van der Waals surface area contributed by atoms with Crippen molar-refractivity contribution < 1.29 is 9.50 Å². The molecule has 0 amide bonds. The Bertz CT molecular complexity index is 369. The maximum atomic E-state index is 13.5.